The van der Waals surface area contributed by atoms with Crippen LogP contribution in [0.25, 0.3) is 11.3 Å². The Kier molecular flexibility index (Phi) is 5.93. The van der Waals surface area contributed by atoms with Gasteiger partial charge in [-0.15, -0.1) is 0 Å². The number of hydrogen-bond donors (Lipinski definition) is 1. The van der Waals surface area contributed by atoms with Gasteiger partial charge < -0.3 is 14.1 Å². The maximum absolute atomic E-state index is 13.7. The number of H-pyrrole nitrogens is 1. The highest BCUT2D eigenvalue weighted by molar-refractivity contribution is 6.35. The molecule has 0 unspecified atom stereocenters. The molecule has 9 heteroatoms. The minimum atomic E-state index is -0.489. The monoisotopic (exact) mass is 462 g/mol. The Morgan fingerprint density at radius 2 is 1.74 bits per heavy atom. The number of para-hydroxylation sites is 1. The van der Waals surface area contributed by atoms with Crippen LogP contribution in [-0.4, -0.2) is 57.7 Å². The minimum Gasteiger partial charge on any atom is -0.467 e. The SMILES string of the molecule is CCCc1[nH]n(-c2ccccc2)c(=O)c1C1=C(N2CCOCC2)C(=O)N(Cc2ccco2)C1=O. The van der Waals surface area contributed by atoms with E-state index in [9.17, 15) is 14.4 Å². The van der Waals surface area contributed by atoms with Crippen molar-refractivity contribution in [1.29, 1.82) is 0 Å². The Morgan fingerprint density at radius 3 is 2.41 bits per heavy atom. The summed E-state index contributed by atoms with van der Waals surface area (Å²) in [5.74, 6) is -0.419. The van der Waals surface area contributed by atoms with E-state index in [2.05, 4.69) is 5.10 Å². The Hall–Kier alpha value is -3.85. The van der Waals surface area contributed by atoms with Crippen LogP contribution in [-0.2, 0) is 27.3 Å². The van der Waals surface area contributed by atoms with Crippen LogP contribution in [0.15, 0.2) is 63.6 Å². The van der Waals surface area contributed by atoms with Crippen LogP contribution in [0.1, 0.15) is 30.4 Å². The molecule has 2 aliphatic heterocycles. The molecule has 0 bridgehead atoms. The van der Waals surface area contributed by atoms with Crippen LogP contribution in [0.2, 0.25) is 0 Å². The van der Waals surface area contributed by atoms with E-state index in [0.717, 1.165) is 11.3 Å². The summed E-state index contributed by atoms with van der Waals surface area (Å²) in [6.07, 6.45) is 2.83. The maximum atomic E-state index is 13.7. The van der Waals surface area contributed by atoms with E-state index >= 15 is 0 Å². The molecule has 0 radical (unpaired) electrons. The highest BCUT2D eigenvalue weighted by Crippen LogP contribution is 2.33. The lowest BCUT2D eigenvalue weighted by Crippen LogP contribution is -2.40. The van der Waals surface area contributed by atoms with Crippen molar-refractivity contribution >= 4 is 17.4 Å². The molecule has 2 aliphatic rings. The number of benzene rings is 1. The van der Waals surface area contributed by atoms with Crippen LogP contribution in [0.3, 0.4) is 0 Å². The van der Waals surface area contributed by atoms with Gasteiger partial charge in [-0.2, -0.15) is 0 Å². The molecule has 2 aromatic heterocycles. The molecule has 0 spiro atoms. The predicted octanol–water partition coefficient (Wildman–Crippen LogP) is 2.32. The molecule has 4 heterocycles. The number of nitrogens with zero attached hydrogens (tertiary/aromatic N) is 3. The highest BCUT2D eigenvalue weighted by atomic mass is 16.5. The van der Waals surface area contributed by atoms with Crippen molar-refractivity contribution in [2.24, 2.45) is 0 Å². The summed E-state index contributed by atoms with van der Waals surface area (Å²) in [6.45, 7) is 3.82. The first kappa shape index (κ1) is 22.0. The van der Waals surface area contributed by atoms with Crippen molar-refractivity contribution in [3.05, 3.63) is 81.8 Å². The lowest BCUT2D eigenvalue weighted by molar-refractivity contribution is -0.138. The number of furan rings is 1. The van der Waals surface area contributed by atoms with E-state index in [-0.39, 0.29) is 28.9 Å². The van der Waals surface area contributed by atoms with E-state index in [0.29, 0.717) is 49.9 Å². The van der Waals surface area contributed by atoms with E-state index in [1.807, 2.05) is 42.2 Å². The lowest BCUT2D eigenvalue weighted by Gasteiger charge is -2.29. The summed E-state index contributed by atoms with van der Waals surface area (Å²) in [6, 6.07) is 12.6. The second kappa shape index (κ2) is 9.18. The number of nitrogens with one attached hydrogen (secondary N) is 1. The van der Waals surface area contributed by atoms with Crippen molar-refractivity contribution in [2.45, 2.75) is 26.3 Å². The molecular weight excluding hydrogens is 436 g/mol. The van der Waals surface area contributed by atoms with Gasteiger partial charge >= 0.3 is 0 Å². The molecule has 1 N–H and O–H groups in total. The highest BCUT2D eigenvalue weighted by Gasteiger charge is 2.44. The zero-order chi connectivity index (χ0) is 23.7. The number of ether oxygens (including phenoxy) is 1. The topological polar surface area (TPSA) is 101 Å². The van der Waals surface area contributed by atoms with Crippen molar-refractivity contribution in [3.63, 3.8) is 0 Å². The average Bonchev–Trinajstić information content (AvgIpc) is 3.55. The van der Waals surface area contributed by atoms with Gasteiger partial charge in [-0.05, 0) is 30.7 Å². The summed E-state index contributed by atoms with van der Waals surface area (Å²) < 4.78 is 12.3. The second-order valence-electron chi connectivity index (χ2n) is 8.29. The van der Waals surface area contributed by atoms with Gasteiger partial charge in [0.25, 0.3) is 17.4 Å². The fourth-order valence-corrected chi connectivity index (χ4v) is 4.50. The third-order valence-electron chi connectivity index (χ3n) is 6.09. The second-order valence-corrected chi connectivity index (χ2v) is 8.29. The van der Waals surface area contributed by atoms with Gasteiger partial charge in [-0.3, -0.25) is 24.4 Å². The molecule has 176 valence electrons. The van der Waals surface area contributed by atoms with Crippen molar-refractivity contribution in [3.8, 4) is 5.69 Å². The summed E-state index contributed by atoms with van der Waals surface area (Å²) in [5, 5.41) is 3.19. The van der Waals surface area contributed by atoms with E-state index in [4.69, 9.17) is 9.15 Å². The Balaban J connectivity index is 1.67. The quantitative estimate of drug-likeness (QED) is 0.541. The number of hydrogen-bond acceptors (Lipinski definition) is 6. The van der Waals surface area contributed by atoms with Crippen molar-refractivity contribution in [2.75, 3.05) is 26.3 Å². The number of aryl methyl sites for hydroxylation is 1. The molecule has 34 heavy (non-hydrogen) atoms. The van der Waals surface area contributed by atoms with Gasteiger partial charge in [0.05, 0.1) is 42.8 Å². The van der Waals surface area contributed by atoms with Gasteiger partial charge in [0.15, 0.2) is 0 Å². The molecule has 1 aromatic carbocycles. The van der Waals surface area contributed by atoms with Gasteiger partial charge in [0, 0.05) is 18.8 Å². The first-order valence-electron chi connectivity index (χ1n) is 11.5. The number of rotatable bonds is 7. The largest absolute Gasteiger partial charge is 0.467 e. The third-order valence-corrected chi connectivity index (χ3v) is 6.09. The normalized spacial score (nSPS) is 16.7. The molecule has 0 saturated carbocycles. The van der Waals surface area contributed by atoms with Crippen LogP contribution in [0.5, 0.6) is 0 Å². The molecule has 2 amide bonds. The van der Waals surface area contributed by atoms with Crippen LogP contribution in [0.4, 0.5) is 0 Å². The fraction of sp³-hybridized carbons (Fsp3) is 0.320. The Bertz CT molecular complexity index is 1280. The molecule has 0 atom stereocenters. The standard InChI is InChI=1S/C25H26N4O5/c1-2-7-19-20(24(31)29(26-19)17-8-4-3-5-9-17)21-22(27-11-14-33-15-12-27)25(32)28(23(21)30)16-18-10-6-13-34-18/h3-6,8-10,13,26H,2,7,11-12,14-16H2,1H3. The van der Waals surface area contributed by atoms with Crippen LogP contribution >= 0.6 is 0 Å². The number of carbonyl (C=O) groups excluding carboxylic acids is 2. The van der Waals surface area contributed by atoms with Gasteiger partial charge in [0.2, 0.25) is 0 Å². The van der Waals surface area contributed by atoms with E-state index in [1.165, 1.54) is 10.9 Å². The fourth-order valence-electron chi connectivity index (χ4n) is 4.50. The summed E-state index contributed by atoms with van der Waals surface area (Å²) in [7, 11) is 0. The summed E-state index contributed by atoms with van der Waals surface area (Å²) >= 11 is 0. The molecule has 0 aliphatic carbocycles. The molecule has 3 aromatic rings. The summed E-state index contributed by atoms with van der Waals surface area (Å²) in [4.78, 5) is 44.1. The minimum absolute atomic E-state index is 0.00240. The number of aromatic amines is 1. The van der Waals surface area contributed by atoms with E-state index in [1.54, 1.807) is 12.1 Å². The Morgan fingerprint density at radius 1 is 0.971 bits per heavy atom. The first-order valence-corrected chi connectivity index (χ1v) is 11.5. The molecular formula is C25H26N4O5. The smallest absolute Gasteiger partial charge is 0.279 e. The number of imide groups is 1. The van der Waals surface area contributed by atoms with E-state index < -0.39 is 11.8 Å². The average molecular weight is 463 g/mol. The van der Waals surface area contributed by atoms with Crippen molar-refractivity contribution in [1.82, 2.24) is 19.6 Å². The lowest BCUT2D eigenvalue weighted by atomic mass is 10.0. The summed E-state index contributed by atoms with van der Waals surface area (Å²) in [5.41, 5.74) is 1.61. The number of amides is 2. The predicted molar refractivity (Wildman–Crippen MR) is 124 cm³/mol. The van der Waals surface area contributed by atoms with Crippen LogP contribution in [0, 0.1) is 0 Å². The zero-order valence-electron chi connectivity index (χ0n) is 19.0. The number of morpholine rings is 1. The number of carbonyl (C=O) groups is 2. The maximum Gasteiger partial charge on any atom is 0.279 e. The Labute approximate surface area is 196 Å². The molecule has 1 fully saturated rings. The third kappa shape index (κ3) is 3.77. The first-order chi connectivity index (χ1) is 16.6. The van der Waals surface area contributed by atoms with Gasteiger partial charge in [-0.25, -0.2) is 4.68 Å². The molecule has 5 rings (SSSR count). The number of aromatic nitrogens is 2. The van der Waals surface area contributed by atoms with Gasteiger partial charge in [-0.1, -0.05) is 31.5 Å². The van der Waals surface area contributed by atoms with Crippen molar-refractivity contribution < 1.29 is 18.7 Å². The molecule has 1 saturated heterocycles. The van der Waals surface area contributed by atoms with Gasteiger partial charge in [0.1, 0.15) is 11.5 Å². The van der Waals surface area contributed by atoms with Crippen LogP contribution < -0.4 is 5.56 Å². The molecule has 9 nitrogen and oxygen atoms in total. The zero-order valence-corrected chi connectivity index (χ0v) is 19.0.